The molecule has 2 N–H and O–H groups in total. The molecule has 0 unspecified atom stereocenters. The van der Waals surface area contributed by atoms with Crippen LogP contribution in [0.4, 0.5) is 0 Å². The lowest BCUT2D eigenvalue weighted by Crippen LogP contribution is -1.98. The standard InChI is InChI=1S/C13H17N3O3/c1-4-18-10-6-9(11(17-3)5-8(10)2)13-15-12(7-14)19-16-13/h5-6H,4,7,14H2,1-3H3. The van der Waals surface area contributed by atoms with E-state index in [0.29, 0.717) is 24.1 Å². The molecular weight excluding hydrogens is 246 g/mol. The van der Waals surface area contributed by atoms with Crippen molar-refractivity contribution >= 4 is 0 Å². The van der Waals surface area contributed by atoms with Crippen LogP contribution in [0.15, 0.2) is 16.7 Å². The van der Waals surface area contributed by atoms with E-state index in [0.717, 1.165) is 16.9 Å². The Morgan fingerprint density at radius 1 is 1.32 bits per heavy atom. The molecule has 0 aliphatic rings. The van der Waals surface area contributed by atoms with Gasteiger partial charge in [-0.05, 0) is 31.5 Å². The summed E-state index contributed by atoms with van der Waals surface area (Å²) in [6.45, 7) is 4.69. The first-order valence-corrected chi connectivity index (χ1v) is 6.04. The van der Waals surface area contributed by atoms with Gasteiger partial charge in [0, 0.05) is 0 Å². The van der Waals surface area contributed by atoms with Crippen molar-refractivity contribution < 1.29 is 14.0 Å². The summed E-state index contributed by atoms with van der Waals surface area (Å²) in [5.41, 5.74) is 7.17. The van der Waals surface area contributed by atoms with Gasteiger partial charge in [-0.1, -0.05) is 5.16 Å². The molecule has 0 bridgehead atoms. The largest absolute Gasteiger partial charge is 0.496 e. The molecule has 0 amide bonds. The third kappa shape index (κ3) is 2.68. The van der Waals surface area contributed by atoms with Crippen LogP contribution in [0.1, 0.15) is 18.4 Å². The molecule has 6 heteroatoms. The van der Waals surface area contributed by atoms with Crippen LogP contribution < -0.4 is 15.2 Å². The zero-order valence-electron chi connectivity index (χ0n) is 11.3. The number of hydrogen-bond donors (Lipinski definition) is 1. The van der Waals surface area contributed by atoms with E-state index >= 15 is 0 Å². The van der Waals surface area contributed by atoms with Crippen LogP contribution in [-0.2, 0) is 6.54 Å². The van der Waals surface area contributed by atoms with E-state index in [1.165, 1.54) is 0 Å². The molecule has 0 saturated heterocycles. The summed E-state index contributed by atoms with van der Waals surface area (Å²) in [6.07, 6.45) is 0. The lowest BCUT2D eigenvalue weighted by Gasteiger charge is -2.11. The van der Waals surface area contributed by atoms with Crippen molar-refractivity contribution in [1.82, 2.24) is 10.1 Å². The molecule has 19 heavy (non-hydrogen) atoms. The maximum atomic E-state index is 5.57. The lowest BCUT2D eigenvalue weighted by atomic mass is 10.1. The molecule has 0 spiro atoms. The number of nitrogens with zero attached hydrogens (tertiary/aromatic N) is 2. The number of hydrogen-bond acceptors (Lipinski definition) is 6. The summed E-state index contributed by atoms with van der Waals surface area (Å²) in [4.78, 5) is 4.20. The van der Waals surface area contributed by atoms with E-state index in [2.05, 4.69) is 10.1 Å². The van der Waals surface area contributed by atoms with E-state index < -0.39 is 0 Å². The smallest absolute Gasteiger partial charge is 0.240 e. The second-order valence-electron chi connectivity index (χ2n) is 3.97. The van der Waals surface area contributed by atoms with Crippen LogP contribution in [0.5, 0.6) is 11.5 Å². The molecule has 1 aromatic carbocycles. The predicted octanol–water partition coefficient (Wildman–Crippen LogP) is 1.91. The Kier molecular flexibility index (Phi) is 4.01. The van der Waals surface area contributed by atoms with Gasteiger partial charge in [-0.3, -0.25) is 0 Å². The normalized spacial score (nSPS) is 10.5. The van der Waals surface area contributed by atoms with Crippen LogP contribution in [0.2, 0.25) is 0 Å². The predicted molar refractivity (Wildman–Crippen MR) is 70.1 cm³/mol. The number of aromatic nitrogens is 2. The highest BCUT2D eigenvalue weighted by molar-refractivity contribution is 5.67. The molecule has 2 aromatic rings. The summed E-state index contributed by atoms with van der Waals surface area (Å²) < 4.78 is 15.9. The fourth-order valence-electron chi connectivity index (χ4n) is 1.76. The SMILES string of the molecule is CCOc1cc(-c2noc(CN)n2)c(OC)cc1C. The lowest BCUT2D eigenvalue weighted by molar-refractivity contribution is 0.336. The van der Waals surface area contributed by atoms with Crippen LogP contribution in [0.25, 0.3) is 11.4 Å². The average Bonchev–Trinajstić information content (AvgIpc) is 2.89. The number of aryl methyl sites for hydroxylation is 1. The van der Waals surface area contributed by atoms with Gasteiger partial charge in [0.1, 0.15) is 11.5 Å². The average molecular weight is 263 g/mol. The first-order valence-electron chi connectivity index (χ1n) is 6.04. The van der Waals surface area contributed by atoms with E-state index in [1.54, 1.807) is 7.11 Å². The van der Waals surface area contributed by atoms with Crippen molar-refractivity contribution in [3.63, 3.8) is 0 Å². The quantitative estimate of drug-likeness (QED) is 0.887. The van der Waals surface area contributed by atoms with E-state index in [4.69, 9.17) is 19.7 Å². The molecule has 6 nitrogen and oxygen atoms in total. The van der Waals surface area contributed by atoms with Gasteiger partial charge < -0.3 is 19.7 Å². The van der Waals surface area contributed by atoms with Gasteiger partial charge in [0.2, 0.25) is 11.7 Å². The summed E-state index contributed by atoms with van der Waals surface area (Å²) in [7, 11) is 1.60. The van der Waals surface area contributed by atoms with Gasteiger partial charge >= 0.3 is 0 Å². The molecule has 1 aromatic heterocycles. The summed E-state index contributed by atoms with van der Waals surface area (Å²) in [5, 5.41) is 3.90. The fraction of sp³-hybridized carbons (Fsp3) is 0.385. The van der Waals surface area contributed by atoms with Crippen molar-refractivity contribution in [3.05, 3.63) is 23.6 Å². The van der Waals surface area contributed by atoms with Crippen LogP contribution in [0, 0.1) is 6.92 Å². The van der Waals surface area contributed by atoms with Gasteiger partial charge in [-0.15, -0.1) is 0 Å². The third-order valence-electron chi connectivity index (χ3n) is 2.68. The van der Waals surface area contributed by atoms with Crippen molar-refractivity contribution in [2.75, 3.05) is 13.7 Å². The topological polar surface area (TPSA) is 83.4 Å². The number of ether oxygens (including phenoxy) is 2. The zero-order valence-corrected chi connectivity index (χ0v) is 11.3. The molecule has 2 rings (SSSR count). The van der Waals surface area contributed by atoms with Crippen molar-refractivity contribution in [2.45, 2.75) is 20.4 Å². The molecule has 0 aliphatic carbocycles. The van der Waals surface area contributed by atoms with Crippen LogP contribution in [0.3, 0.4) is 0 Å². The van der Waals surface area contributed by atoms with E-state index in [9.17, 15) is 0 Å². The molecule has 0 radical (unpaired) electrons. The summed E-state index contributed by atoms with van der Waals surface area (Å²) in [5.74, 6) is 2.27. The molecule has 1 heterocycles. The van der Waals surface area contributed by atoms with Crippen LogP contribution >= 0.6 is 0 Å². The summed E-state index contributed by atoms with van der Waals surface area (Å²) in [6, 6.07) is 3.74. The summed E-state index contributed by atoms with van der Waals surface area (Å²) >= 11 is 0. The number of methoxy groups -OCH3 is 1. The Morgan fingerprint density at radius 3 is 2.68 bits per heavy atom. The van der Waals surface area contributed by atoms with Crippen molar-refractivity contribution in [3.8, 4) is 22.9 Å². The highest BCUT2D eigenvalue weighted by atomic mass is 16.5. The van der Waals surface area contributed by atoms with Crippen LogP contribution in [-0.4, -0.2) is 23.9 Å². The minimum Gasteiger partial charge on any atom is -0.496 e. The second-order valence-corrected chi connectivity index (χ2v) is 3.97. The molecule has 0 fully saturated rings. The zero-order chi connectivity index (χ0) is 13.8. The van der Waals surface area contributed by atoms with E-state index in [-0.39, 0.29) is 6.54 Å². The minimum atomic E-state index is 0.208. The number of rotatable bonds is 5. The maximum Gasteiger partial charge on any atom is 0.240 e. The Balaban J connectivity index is 2.50. The van der Waals surface area contributed by atoms with Gasteiger partial charge in [0.15, 0.2) is 0 Å². The number of nitrogens with two attached hydrogens (primary N) is 1. The molecule has 0 aliphatic heterocycles. The molecule has 102 valence electrons. The van der Waals surface area contributed by atoms with Gasteiger partial charge in [0.05, 0.1) is 25.8 Å². The van der Waals surface area contributed by atoms with Crippen molar-refractivity contribution in [2.24, 2.45) is 5.73 Å². The highest BCUT2D eigenvalue weighted by Gasteiger charge is 2.16. The second kappa shape index (κ2) is 5.71. The van der Waals surface area contributed by atoms with Gasteiger partial charge in [0.25, 0.3) is 0 Å². The highest BCUT2D eigenvalue weighted by Crippen LogP contribution is 2.34. The minimum absolute atomic E-state index is 0.208. The Bertz CT molecular complexity index is 566. The van der Waals surface area contributed by atoms with Gasteiger partial charge in [-0.2, -0.15) is 4.98 Å². The molecule has 0 atom stereocenters. The fourth-order valence-corrected chi connectivity index (χ4v) is 1.76. The third-order valence-corrected chi connectivity index (χ3v) is 2.68. The molecule has 0 saturated carbocycles. The monoisotopic (exact) mass is 263 g/mol. The van der Waals surface area contributed by atoms with Gasteiger partial charge in [-0.25, -0.2) is 0 Å². The first kappa shape index (κ1) is 13.4. The van der Waals surface area contributed by atoms with E-state index in [1.807, 2.05) is 26.0 Å². The van der Waals surface area contributed by atoms with Crippen molar-refractivity contribution in [1.29, 1.82) is 0 Å². The number of benzene rings is 1. The maximum absolute atomic E-state index is 5.57. The molecular formula is C13H17N3O3. The Hall–Kier alpha value is -2.08. The first-order chi connectivity index (χ1) is 9.19. The Labute approximate surface area is 111 Å². The Morgan fingerprint density at radius 2 is 2.11 bits per heavy atom.